The second kappa shape index (κ2) is 10.3. The number of primary amides is 1. The van der Waals surface area contributed by atoms with Crippen molar-refractivity contribution in [2.75, 3.05) is 11.9 Å². The van der Waals surface area contributed by atoms with Crippen LogP contribution in [0.5, 0.6) is 0 Å². The lowest BCUT2D eigenvalue weighted by atomic mass is 9.95. The van der Waals surface area contributed by atoms with Gasteiger partial charge >= 0.3 is 6.09 Å². The summed E-state index contributed by atoms with van der Waals surface area (Å²) in [5.74, 6) is -2.52. The minimum absolute atomic E-state index is 0.00335. The topological polar surface area (TPSA) is 111 Å². The fourth-order valence-corrected chi connectivity index (χ4v) is 2.92. The molecule has 0 saturated carbocycles. The summed E-state index contributed by atoms with van der Waals surface area (Å²) in [6, 6.07) is 10.5. The molecule has 0 saturated heterocycles. The molecule has 1 atom stereocenters. The number of anilines is 1. The number of carbonyl (C=O) groups is 3. The molecule has 0 spiro atoms. The van der Waals surface area contributed by atoms with E-state index in [9.17, 15) is 18.8 Å². The van der Waals surface area contributed by atoms with Crippen LogP contribution in [0.3, 0.4) is 0 Å². The molecule has 0 fully saturated rings. The van der Waals surface area contributed by atoms with Crippen LogP contribution < -0.4 is 16.4 Å². The number of hydrogen-bond acceptors (Lipinski definition) is 4. The van der Waals surface area contributed by atoms with Gasteiger partial charge in [-0.25, -0.2) is 9.18 Å². The molecule has 9 heteroatoms. The smallest absolute Gasteiger partial charge is 0.407 e. The van der Waals surface area contributed by atoms with Gasteiger partial charge in [0.05, 0.1) is 5.56 Å². The lowest BCUT2D eigenvalue weighted by molar-refractivity contribution is -0.116. The Bertz CT molecular complexity index is 958. The fourth-order valence-electron chi connectivity index (χ4n) is 2.79. The molecule has 3 amide bonds. The number of amides is 3. The van der Waals surface area contributed by atoms with Crippen molar-refractivity contribution in [3.63, 3.8) is 0 Å². The standard InChI is InChI=1S/C22H25ClFN3O4/c1-22(2,3)31-21(30)26-12-14(13-4-6-15(23)7-5-13)10-19(28)27-16-8-9-17(20(25)29)18(24)11-16/h4-9,11,14H,10,12H2,1-3H3,(H2,25,29)(H,26,30)(H,27,28). The highest BCUT2D eigenvalue weighted by molar-refractivity contribution is 6.30. The molecule has 7 nitrogen and oxygen atoms in total. The minimum Gasteiger partial charge on any atom is -0.444 e. The molecule has 0 aliphatic carbocycles. The fraction of sp³-hybridized carbons (Fsp3) is 0.318. The maximum absolute atomic E-state index is 13.9. The number of benzene rings is 2. The summed E-state index contributed by atoms with van der Waals surface area (Å²) >= 11 is 5.94. The molecule has 166 valence electrons. The molecule has 4 N–H and O–H groups in total. The van der Waals surface area contributed by atoms with Crippen molar-refractivity contribution in [1.82, 2.24) is 5.32 Å². The first kappa shape index (κ1) is 24.1. The Morgan fingerprint density at radius 1 is 1.13 bits per heavy atom. The van der Waals surface area contributed by atoms with Gasteiger partial charge in [0, 0.05) is 29.6 Å². The van der Waals surface area contributed by atoms with Crippen molar-refractivity contribution in [3.8, 4) is 0 Å². The largest absolute Gasteiger partial charge is 0.444 e. The van der Waals surface area contributed by atoms with Gasteiger partial charge < -0.3 is 21.1 Å². The molecule has 2 rings (SSSR count). The summed E-state index contributed by atoms with van der Waals surface area (Å²) in [5, 5.41) is 5.79. The molecule has 31 heavy (non-hydrogen) atoms. The number of alkyl carbamates (subject to hydrolysis) is 1. The summed E-state index contributed by atoms with van der Waals surface area (Å²) in [6.45, 7) is 5.39. The number of ether oxygens (including phenoxy) is 1. The maximum Gasteiger partial charge on any atom is 0.407 e. The summed E-state index contributed by atoms with van der Waals surface area (Å²) in [7, 11) is 0. The number of hydrogen-bond donors (Lipinski definition) is 3. The lowest BCUT2D eigenvalue weighted by Crippen LogP contribution is -2.35. The molecule has 0 bridgehead atoms. The normalized spacial score (nSPS) is 12.0. The highest BCUT2D eigenvalue weighted by Crippen LogP contribution is 2.23. The van der Waals surface area contributed by atoms with Gasteiger partial charge in [0.15, 0.2) is 0 Å². The predicted octanol–water partition coefficient (Wildman–Crippen LogP) is 4.22. The zero-order chi connectivity index (χ0) is 23.2. The van der Waals surface area contributed by atoms with Crippen molar-refractivity contribution >= 4 is 35.2 Å². The van der Waals surface area contributed by atoms with Crippen molar-refractivity contribution in [3.05, 3.63) is 64.4 Å². The SMILES string of the molecule is CC(C)(C)OC(=O)NCC(CC(=O)Nc1ccc(C(N)=O)c(F)c1)c1ccc(Cl)cc1. The summed E-state index contributed by atoms with van der Waals surface area (Å²) in [6.07, 6.45) is -0.604. The van der Waals surface area contributed by atoms with E-state index in [1.807, 2.05) is 0 Å². The van der Waals surface area contributed by atoms with Crippen LogP contribution in [0.2, 0.25) is 5.02 Å². The van der Waals surface area contributed by atoms with Gasteiger partial charge in [0.2, 0.25) is 5.91 Å². The number of carbonyl (C=O) groups excluding carboxylic acids is 3. The molecule has 2 aromatic rings. The van der Waals surface area contributed by atoms with Crippen LogP contribution in [0.25, 0.3) is 0 Å². The van der Waals surface area contributed by atoms with E-state index < -0.39 is 29.3 Å². The first-order chi connectivity index (χ1) is 14.4. The zero-order valence-corrected chi connectivity index (χ0v) is 18.3. The Morgan fingerprint density at radius 3 is 2.32 bits per heavy atom. The molecule has 1 unspecified atom stereocenters. The Kier molecular flexibility index (Phi) is 7.99. The van der Waals surface area contributed by atoms with Crippen molar-refractivity contribution in [2.24, 2.45) is 5.73 Å². The number of rotatable bonds is 7. The highest BCUT2D eigenvalue weighted by atomic mass is 35.5. The molecule has 0 aromatic heterocycles. The van der Waals surface area contributed by atoms with Crippen molar-refractivity contribution in [1.29, 1.82) is 0 Å². The van der Waals surface area contributed by atoms with Gasteiger partial charge in [-0.3, -0.25) is 9.59 Å². The maximum atomic E-state index is 13.9. The van der Waals surface area contributed by atoms with Gasteiger partial charge in [0.1, 0.15) is 11.4 Å². The highest BCUT2D eigenvalue weighted by Gasteiger charge is 2.21. The van der Waals surface area contributed by atoms with Crippen LogP contribution in [0, 0.1) is 5.82 Å². The average Bonchev–Trinajstić information content (AvgIpc) is 2.64. The third kappa shape index (κ3) is 7.90. The summed E-state index contributed by atoms with van der Waals surface area (Å²) < 4.78 is 19.2. The van der Waals surface area contributed by atoms with E-state index >= 15 is 0 Å². The van der Waals surface area contributed by atoms with Gasteiger partial charge in [-0.15, -0.1) is 0 Å². The van der Waals surface area contributed by atoms with Crippen LogP contribution >= 0.6 is 11.6 Å². The van der Waals surface area contributed by atoms with Crippen LogP contribution in [-0.2, 0) is 9.53 Å². The van der Waals surface area contributed by atoms with Gasteiger partial charge in [0.25, 0.3) is 5.91 Å². The zero-order valence-electron chi connectivity index (χ0n) is 17.5. The van der Waals surface area contributed by atoms with Crippen LogP contribution in [0.4, 0.5) is 14.9 Å². The minimum atomic E-state index is -0.897. The van der Waals surface area contributed by atoms with Gasteiger partial charge in [-0.05, 0) is 56.7 Å². The van der Waals surface area contributed by atoms with Gasteiger partial charge in [-0.2, -0.15) is 0 Å². The van der Waals surface area contributed by atoms with E-state index in [1.165, 1.54) is 12.1 Å². The third-order valence-corrected chi connectivity index (χ3v) is 4.44. The second-order valence-corrected chi connectivity index (χ2v) is 8.38. The predicted molar refractivity (Wildman–Crippen MR) is 117 cm³/mol. The number of nitrogens with one attached hydrogen (secondary N) is 2. The van der Waals surface area contributed by atoms with E-state index in [-0.39, 0.29) is 30.1 Å². The third-order valence-electron chi connectivity index (χ3n) is 4.18. The molecular formula is C22H25ClFN3O4. The Morgan fingerprint density at radius 2 is 1.77 bits per heavy atom. The van der Waals surface area contributed by atoms with Crippen LogP contribution in [-0.4, -0.2) is 30.1 Å². The molecule has 0 radical (unpaired) electrons. The molecule has 0 aliphatic heterocycles. The molecule has 0 aliphatic rings. The summed E-state index contributed by atoms with van der Waals surface area (Å²) in [5.41, 5.74) is 5.13. The van der Waals surface area contributed by atoms with Crippen LogP contribution in [0.1, 0.15) is 49.0 Å². The summed E-state index contributed by atoms with van der Waals surface area (Å²) in [4.78, 5) is 35.7. The molecule has 2 aromatic carbocycles. The second-order valence-electron chi connectivity index (χ2n) is 7.94. The van der Waals surface area contributed by atoms with E-state index in [1.54, 1.807) is 45.0 Å². The van der Waals surface area contributed by atoms with E-state index in [0.29, 0.717) is 5.02 Å². The van der Waals surface area contributed by atoms with Crippen LogP contribution in [0.15, 0.2) is 42.5 Å². The first-order valence-corrected chi connectivity index (χ1v) is 9.94. The van der Waals surface area contributed by atoms with Gasteiger partial charge in [-0.1, -0.05) is 23.7 Å². The Labute approximate surface area is 185 Å². The van der Waals surface area contributed by atoms with E-state index in [4.69, 9.17) is 22.1 Å². The molecule has 0 heterocycles. The first-order valence-electron chi connectivity index (χ1n) is 9.56. The average molecular weight is 450 g/mol. The lowest BCUT2D eigenvalue weighted by Gasteiger charge is -2.22. The van der Waals surface area contributed by atoms with Crippen molar-refractivity contribution < 1.29 is 23.5 Å². The monoisotopic (exact) mass is 449 g/mol. The molecular weight excluding hydrogens is 425 g/mol. The Hall–Kier alpha value is -3.13. The number of halogens is 2. The van der Waals surface area contributed by atoms with Crippen molar-refractivity contribution in [2.45, 2.75) is 38.7 Å². The quantitative estimate of drug-likeness (QED) is 0.587. The Balaban J connectivity index is 2.10. The van der Waals surface area contributed by atoms with E-state index in [2.05, 4.69) is 10.6 Å². The van der Waals surface area contributed by atoms with E-state index in [0.717, 1.165) is 11.6 Å². The number of nitrogens with two attached hydrogens (primary N) is 1.